The van der Waals surface area contributed by atoms with Gasteiger partial charge in [0.05, 0.1) is 11.2 Å². The van der Waals surface area contributed by atoms with Gasteiger partial charge in [0.2, 0.25) is 0 Å². The molecule has 4 aliphatic rings. The molecule has 0 spiro atoms. The van der Waals surface area contributed by atoms with Crippen molar-refractivity contribution < 1.29 is 8.83 Å². The lowest BCUT2D eigenvalue weighted by Crippen LogP contribution is -2.61. The Labute approximate surface area is 401 Å². The number of hydrogen-bond donors (Lipinski definition) is 0. The maximum atomic E-state index is 6.98. The molecule has 1 saturated carbocycles. The van der Waals surface area contributed by atoms with Gasteiger partial charge in [-0.2, -0.15) is 0 Å². The van der Waals surface area contributed by atoms with Crippen molar-refractivity contribution in [2.75, 3.05) is 14.7 Å². The molecule has 0 N–H and O–H groups in total. The standard InChI is InChI=1S/C63H48BN3O2/c1-39-34-55-60-56(35-39)66(53-23-15-20-46-44-18-7-12-25-58(44)69-61(46)53)54-38-43(67-51-22-10-9-21-48(51)62(2)32-13-14-33-63(62,67)3)27-29-49(54)64(60)50-36-41(40-16-5-4-6-17-40)26-30-52(50)65(55)42-28-31-59-47(37-42)45-19-8-11-24-57(45)68-59/h4-12,15-31,34-38H,13-14,32-33H2,1-3H3. The number of para-hydroxylation sites is 4. The first-order valence-electron chi connectivity index (χ1n) is 24.7. The van der Waals surface area contributed by atoms with Crippen LogP contribution in [0.25, 0.3) is 55.0 Å². The van der Waals surface area contributed by atoms with E-state index in [0.717, 1.165) is 61.7 Å². The fourth-order valence-corrected chi connectivity index (χ4v) is 13.5. The average Bonchev–Trinajstić information content (AvgIpc) is 4.02. The lowest BCUT2D eigenvalue weighted by atomic mass is 9.33. The van der Waals surface area contributed by atoms with Crippen molar-refractivity contribution in [1.82, 2.24) is 0 Å². The second kappa shape index (κ2) is 14.1. The highest BCUT2D eigenvalue weighted by Gasteiger charge is 2.58. The van der Waals surface area contributed by atoms with Crippen LogP contribution in [0.3, 0.4) is 0 Å². The fourth-order valence-electron chi connectivity index (χ4n) is 13.5. The molecule has 3 aliphatic heterocycles. The Balaban J connectivity index is 1.03. The minimum absolute atomic E-state index is 0.0291. The predicted molar refractivity (Wildman–Crippen MR) is 288 cm³/mol. The van der Waals surface area contributed by atoms with Crippen molar-refractivity contribution >= 4 is 112 Å². The van der Waals surface area contributed by atoms with Gasteiger partial charge in [0.15, 0.2) is 5.58 Å². The van der Waals surface area contributed by atoms with Crippen molar-refractivity contribution in [2.45, 2.75) is 57.4 Å². The summed E-state index contributed by atoms with van der Waals surface area (Å²) in [4.78, 5) is 7.78. The number of nitrogens with zero attached hydrogens (tertiary/aromatic N) is 3. The van der Waals surface area contributed by atoms with E-state index in [2.05, 4.69) is 217 Å². The van der Waals surface area contributed by atoms with Crippen LogP contribution in [0, 0.1) is 6.92 Å². The normalized spacial score (nSPS) is 19.0. The van der Waals surface area contributed by atoms with E-state index in [1.165, 1.54) is 92.0 Å². The summed E-state index contributed by atoms with van der Waals surface area (Å²) < 4.78 is 13.4. The number of hydrogen-bond acceptors (Lipinski definition) is 5. The van der Waals surface area contributed by atoms with Crippen molar-refractivity contribution in [3.05, 3.63) is 199 Å². The average molecular weight is 890 g/mol. The predicted octanol–water partition coefficient (Wildman–Crippen LogP) is 15.3. The molecular formula is C63H48BN3O2. The third-order valence-electron chi connectivity index (χ3n) is 16.8. The van der Waals surface area contributed by atoms with Gasteiger partial charge in [-0.25, -0.2) is 0 Å². The van der Waals surface area contributed by atoms with E-state index in [1.54, 1.807) is 0 Å². The molecule has 2 atom stereocenters. The first kappa shape index (κ1) is 39.1. The molecule has 330 valence electrons. The third kappa shape index (κ3) is 5.26. The maximum Gasteiger partial charge on any atom is 0.252 e. The van der Waals surface area contributed by atoms with Gasteiger partial charge < -0.3 is 23.5 Å². The highest BCUT2D eigenvalue weighted by molar-refractivity contribution is 7.00. The molecule has 0 bridgehead atoms. The van der Waals surface area contributed by atoms with E-state index in [9.17, 15) is 0 Å². The summed E-state index contributed by atoms with van der Waals surface area (Å²) >= 11 is 0. The van der Waals surface area contributed by atoms with Gasteiger partial charge in [0.1, 0.15) is 16.7 Å². The van der Waals surface area contributed by atoms with Crippen molar-refractivity contribution in [3.8, 4) is 11.1 Å². The highest BCUT2D eigenvalue weighted by Crippen LogP contribution is 2.61. The van der Waals surface area contributed by atoms with Crippen LogP contribution in [0.1, 0.15) is 50.7 Å². The van der Waals surface area contributed by atoms with Crippen molar-refractivity contribution in [2.24, 2.45) is 0 Å². The fraction of sp³-hybridized carbons (Fsp3) is 0.143. The van der Waals surface area contributed by atoms with Crippen LogP contribution in [0.4, 0.5) is 45.5 Å². The quantitative estimate of drug-likeness (QED) is 0.165. The van der Waals surface area contributed by atoms with Crippen LogP contribution < -0.4 is 31.1 Å². The van der Waals surface area contributed by atoms with E-state index >= 15 is 0 Å². The first-order chi connectivity index (χ1) is 33.9. The molecule has 1 aliphatic carbocycles. The van der Waals surface area contributed by atoms with Gasteiger partial charge in [0.25, 0.3) is 6.71 Å². The second-order valence-corrected chi connectivity index (χ2v) is 20.4. The van der Waals surface area contributed by atoms with Gasteiger partial charge in [-0.3, -0.25) is 0 Å². The Morgan fingerprint density at radius 1 is 0.449 bits per heavy atom. The lowest BCUT2D eigenvalue weighted by molar-refractivity contribution is 0.195. The molecule has 6 heteroatoms. The summed E-state index contributed by atoms with van der Waals surface area (Å²) in [5.74, 6) is 0. The van der Waals surface area contributed by atoms with Crippen LogP contribution in [-0.4, -0.2) is 12.3 Å². The van der Waals surface area contributed by atoms with Gasteiger partial charge >= 0.3 is 0 Å². The minimum Gasteiger partial charge on any atom is -0.456 e. The summed E-state index contributed by atoms with van der Waals surface area (Å²) in [5.41, 5.74) is 21.8. The minimum atomic E-state index is -0.0903. The molecule has 15 rings (SSSR count). The summed E-state index contributed by atoms with van der Waals surface area (Å²) in [7, 11) is 0. The molecule has 0 saturated heterocycles. The zero-order chi connectivity index (χ0) is 45.8. The van der Waals surface area contributed by atoms with Gasteiger partial charge in [0, 0.05) is 66.8 Å². The summed E-state index contributed by atoms with van der Waals surface area (Å²) in [6, 6.07) is 69.7. The van der Waals surface area contributed by atoms with Crippen LogP contribution in [-0.2, 0) is 5.41 Å². The number of fused-ring (bicyclic) bond motifs is 13. The number of furan rings is 2. The zero-order valence-corrected chi connectivity index (χ0v) is 39.0. The molecule has 5 heterocycles. The smallest absolute Gasteiger partial charge is 0.252 e. The Morgan fingerprint density at radius 2 is 1.13 bits per heavy atom. The largest absolute Gasteiger partial charge is 0.456 e. The van der Waals surface area contributed by atoms with Gasteiger partial charge in [-0.15, -0.1) is 0 Å². The lowest BCUT2D eigenvalue weighted by Gasteiger charge is -2.50. The molecule has 0 amide bonds. The number of rotatable bonds is 4. The van der Waals surface area contributed by atoms with E-state index in [1.807, 2.05) is 6.07 Å². The number of aryl methyl sites for hydroxylation is 1. The molecule has 69 heavy (non-hydrogen) atoms. The molecule has 2 aromatic heterocycles. The van der Waals surface area contributed by atoms with E-state index in [4.69, 9.17) is 8.83 Å². The summed E-state index contributed by atoms with van der Waals surface area (Å²) in [6.07, 6.45) is 4.79. The Hall–Kier alpha value is -7.96. The topological polar surface area (TPSA) is 36.0 Å². The monoisotopic (exact) mass is 889 g/mol. The molecule has 2 unspecified atom stereocenters. The summed E-state index contributed by atoms with van der Waals surface area (Å²) in [5, 5.41) is 4.46. The van der Waals surface area contributed by atoms with Crippen LogP contribution in [0.2, 0.25) is 0 Å². The molecule has 9 aromatic carbocycles. The van der Waals surface area contributed by atoms with E-state index < -0.39 is 0 Å². The molecule has 5 nitrogen and oxygen atoms in total. The van der Waals surface area contributed by atoms with Crippen molar-refractivity contribution in [3.63, 3.8) is 0 Å². The summed E-state index contributed by atoms with van der Waals surface area (Å²) in [6.45, 7) is 7.24. The first-order valence-corrected chi connectivity index (χ1v) is 24.7. The molecule has 0 radical (unpaired) electrons. The molecular weight excluding hydrogens is 842 g/mol. The zero-order valence-electron chi connectivity index (χ0n) is 39.0. The van der Waals surface area contributed by atoms with Crippen LogP contribution >= 0.6 is 0 Å². The van der Waals surface area contributed by atoms with E-state index in [-0.39, 0.29) is 17.7 Å². The Morgan fingerprint density at radius 3 is 1.99 bits per heavy atom. The SMILES string of the molecule is Cc1cc2c3c(c1)N(c1cccc4c1oc1ccccc14)c1cc(N4c5ccccc5C5(C)CCCCC45C)ccc1B3c1cc(-c3ccccc3)ccc1N2c1ccc2oc3ccccc3c2c1. The highest BCUT2D eigenvalue weighted by atomic mass is 16.3. The number of benzene rings is 9. The Bertz CT molecular complexity index is 3960. The second-order valence-electron chi connectivity index (χ2n) is 20.4. The maximum absolute atomic E-state index is 6.98. The van der Waals surface area contributed by atoms with Gasteiger partial charge in [-0.1, -0.05) is 135 Å². The molecule has 1 fully saturated rings. The Kier molecular flexibility index (Phi) is 7.96. The van der Waals surface area contributed by atoms with E-state index in [0.29, 0.717) is 0 Å². The van der Waals surface area contributed by atoms with Gasteiger partial charge in [-0.05, 0) is 138 Å². The van der Waals surface area contributed by atoms with Crippen molar-refractivity contribution in [1.29, 1.82) is 0 Å². The van der Waals surface area contributed by atoms with Crippen LogP contribution in [0.5, 0.6) is 0 Å². The molecule has 11 aromatic rings. The van der Waals surface area contributed by atoms with Crippen LogP contribution in [0.15, 0.2) is 197 Å². The number of anilines is 8. The third-order valence-corrected chi connectivity index (χ3v) is 16.8.